The summed E-state index contributed by atoms with van der Waals surface area (Å²) in [4.78, 5) is 29.0. The minimum atomic E-state index is -0.418. The van der Waals surface area contributed by atoms with Crippen molar-refractivity contribution < 1.29 is 9.59 Å². The van der Waals surface area contributed by atoms with Gasteiger partial charge in [-0.25, -0.2) is 0 Å². The molecule has 6 heteroatoms. The van der Waals surface area contributed by atoms with Crippen LogP contribution in [0, 0.1) is 0 Å². The number of carbonyl (C=O) groups excluding carboxylic acids is 2. The molecule has 0 saturated heterocycles. The van der Waals surface area contributed by atoms with Crippen LogP contribution in [0.4, 0.5) is 11.4 Å². The lowest BCUT2D eigenvalue weighted by atomic mass is 10.0. The highest BCUT2D eigenvalue weighted by molar-refractivity contribution is 6.31. The lowest BCUT2D eigenvalue weighted by Crippen LogP contribution is -2.17. The lowest BCUT2D eigenvalue weighted by Gasteiger charge is -2.09. The van der Waals surface area contributed by atoms with Gasteiger partial charge >= 0.3 is 0 Å². The normalized spacial score (nSPS) is 10.6. The monoisotopic (exact) mass is 393 g/mol. The van der Waals surface area contributed by atoms with Crippen LogP contribution in [-0.2, 0) is 0 Å². The van der Waals surface area contributed by atoms with E-state index in [9.17, 15) is 9.59 Å². The molecule has 2 N–H and O–H groups in total. The van der Waals surface area contributed by atoms with Crippen LogP contribution in [0.5, 0.6) is 0 Å². The maximum Gasteiger partial charge on any atom is 0.274 e. The molecule has 3 rings (SSSR count). The number of benzene rings is 2. The Labute approximate surface area is 168 Å². The molecular formula is C22H20ClN3O2. The topological polar surface area (TPSA) is 71.1 Å². The average molecular weight is 394 g/mol. The van der Waals surface area contributed by atoms with Crippen molar-refractivity contribution in [2.24, 2.45) is 0 Å². The Bertz CT molecular complexity index is 1000. The van der Waals surface area contributed by atoms with Crippen LogP contribution in [0.3, 0.4) is 0 Å². The molecule has 0 spiro atoms. The second-order valence-electron chi connectivity index (χ2n) is 6.63. The molecule has 28 heavy (non-hydrogen) atoms. The predicted octanol–water partition coefficient (Wildman–Crippen LogP) is 5.36. The molecule has 0 fully saturated rings. The van der Waals surface area contributed by atoms with Gasteiger partial charge in [-0.2, -0.15) is 0 Å². The molecule has 0 aliphatic rings. The van der Waals surface area contributed by atoms with Crippen LogP contribution in [-0.4, -0.2) is 16.8 Å². The number of hydrogen-bond acceptors (Lipinski definition) is 3. The average Bonchev–Trinajstić information content (AvgIpc) is 2.68. The van der Waals surface area contributed by atoms with E-state index >= 15 is 0 Å². The largest absolute Gasteiger partial charge is 0.322 e. The number of hydrogen-bond donors (Lipinski definition) is 2. The zero-order valence-corrected chi connectivity index (χ0v) is 16.3. The fourth-order valence-corrected chi connectivity index (χ4v) is 2.80. The number of nitrogens with one attached hydrogen (secondary N) is 2. The van der Waals surface area contributed by atoms with Crippen molar-refractivity contribution in [3.05, 3.63) is 88.7 Å². The molecule has 1 heterocycles. The molecule has 5 nitrogen and oxygen atoms in total. The molecule has 142 valence electrons. The summed E-state index contributed by atoms with van der Waals surface area (Å²) < 4.78 is 0. The fourth-order valence-electron chi connectivity index (χ4n) is 2.61. The third kappa shape index (κ3) is 4.96. The molecular weight excluding hydrogens is 374 g/mol. The number of aromatic nitrogens is 1. The molecule has 2 aromatic carbocycles. The summed E-state index contributed by atoms with van der Waals surface area (Å²) in [7, 11) is 0. The van der Waals surface area contributed by atoms with Crippen LogP contribution in [0.1, 0.15) is 46.2 Å². The molecule has 0 saturated carbocycles. The highest BCUT2D eigenvalue weighted by atomic mass is 35.5. The molecule has 2 amide bonds. The van der Waals surface area contributed by atoms with Gasteiger partial charge in [-0.05, 0) is 53.9 Å². The van der Waals surface area contributed by atoms with Crippen molar-refractivity contribution in [2.75, 3.05) is 10.6 Å². The summed E-state index contributed by atoms with van der Waals surface area (Å²) in [5.41, 5.74) is 2.93. The van der Waals surface area contributed by atoms with Gasteiger partial charge in [0.1, 0.15) is 5.69 Å². The first-order chi connectivity index (χ1) is 13.4. The summed E-state index contributed by atoms with van der Waals surface area (Å²) in [5, 5.41) is 6.06. The smallest absolute Gasteiger partial charge is 0.274 e. The van der Waals surface area contributed by atoms with E-state index in [1.165, 1.54) is 17.8 Å². The standard InChI is InChI=1S/C22H20ClN3O2/c1-14(2)15-6-8-18(9-7-15)25-21(27)16-10-11-24-20(12-16)22(28)26-19-5-3-4-17(23)13-19/h3-14H,1-2H3,(H,25,27)(H,26,28). The zero-order chi connectivity index (χ0) is 20.1. The van der Waals surface area contributed by atoms with Gasteiger partial charge in [-0.15, -0.1) is 0 Å². The zero-order valence-electron chi connectivity index (χ0n) is 15.6. The minimum Gasteiger partial charge on any atom is -0.322 e. The number of pyridine rings is 1. The van der Waals surface area contributed by atoms with Gasteiger partial charge in [0.15, 0.2) is 0 Å². The van der Waals surface area contributed by atoms with Gasteiger partial charge in [-0.3, -0.25) is 14.6 Å². The Morgan fingerprint density at radius 1 is 0.893 bits per heavy atom. The van der Waals surface area contributed by atoms with Crippen LogP contribution < -0.4 is 10.6 Å². The molecule has 0 atom stereocenters. The third-order valence-corrected chi connectivity index (χ3v) is 4.41. The van der Waals surface area contributed by atoms with Gasteiger partial charge in [0.05, 0.1) is 0 Å². The van der Waals surface area contributed by atoms with E-state index in [0.717, 1.165) is 0 Å². The van der Waals surface area contributed by atoms with Gasteiger partial charge < -0.3 is 10.6 Å². The fraction of sp³-hybridized carbons (Fsp3) is 0.136. The number of anilines is 2. The van der Waals surface area contributed by atoms with Crippen molar-refractivity contribution in [3.8, 4) is 0 Å². The molecule has 0 aliphatic heterocycles. The van der Waals surface area contributed by atoms with E-state index in [1.54, 1.807) is 30.3 Å². The number of carbonyl (C=O) groups is 2. The highest BCUT2D eigenvalue weighted by Crippen LogP contribution is 2.18. The van der Waals surface area contributed by atoms with E-state index in [-0.39, 0.29) is 11.6 Å². The summed E-state index contributed by atoms with van der Waals surface area (Å²) in [6, 6.07) is 17.5. The lowest BCUT2D eigenvalue weighted by molar-refractivity contribution is 0.102. The van der Waals surface area contributed by atoms with Crippen molar-refractivity contribution in [2.45, 2.75) is 19.8 Å². The summed E-state index contributed by atoms with van der Waals surface area (Å²) in [5.74, 6) is -0.305. The van der Waals surface area contributed by atoms with Gasteiger partial charge in [0, 0.05) is 28.2 Å². The maximum atomic E-state index is 12.5. The van der Waals surface area contributed by atoms with E-state index in [4.69, 9.17) is 11.6 Å². The minimum absolute atomic E-state index is 0.141. The van der Waals surface area contributed by atoms with E-state index in [1.807, 2.05) is 24.3 Å². The predicted molar refractivity (Wildman–Crippen MR) is 112 cm³/mol. The summed E-state index contributed by atoms with van der Waals surface area (Å²) in [6.07, 6.45) is 1.43. The van der Waals surface area contributed by atoms with E-state index < -0.39 is 5.91 Å². The van der Waals surface area contributed by atoms with E-state index in [2.05, 4.69) is 29.5 Å². The maximum absolute atomic E-state index is 12.5. The number of nitrogens with zero attached hydrogens (tertiary/aromatic N) is 1. The highest BCUT2D eigenvalue weighted by Gasteiger charge is 2.13. The Kier molecular flexibility index (Phi) is 6.06. The first-order valence-corrected chi connectivity index (χ1v) is 9.24. The number of amides is 2. The summed E-state index contributed by atoms with van der Waals surface area (Å²) in [6.45, 7) is 4.22. The molecule has 1 aromatic heterocycles. The van der Waals surface area contributed by atoms with Gasteiger partial charge in [-0.1, -0.05) is 43.6 Å². The molecule has 3 aromatic rings. The molecule has 0 radical (unpaired) electrons. The first-order valence-electron chi connectivity index (χ1n) is 8.86. The third-order valence-electron chi connectivity index (χ3n) is 4.17. The van der Waals surface area contributed by atoms with Crippen molar-refractivity contribution in [1.29, 1.82) is 0 Å². The van der Waals surface area contributed by atoms with Crippen molar-refractivity contribution in [1.82, 2.24) is 4.98 Å². The van der Waals surface area contributed by atoms with Gasteiger partial charge in [0.2, 0.25) is 0 Å². The van der Waals surface area contributed by atoms with E-state index in [0.29, 0.717) is 27.9 Å². The quantitative estimate of drug-likeness (QED) is 0.612. The van der Waals surface area contributed by atoms with Gasteiger partial charge in [0.25, 0.3) is 11.8 Å². The van der Waals surface area contributed by atoms with Crippen LogP contribution >= 0.6 is 11.6 Å². The first kappa shape index (κ1) is 19.6. The van der Waals surface area contributed by atoms with Crippen molar-refractivity contribution in [3.63, 3.8) is 0 Å². The van der Waals surface area contributed by atoms with Crippen LogP contribution in [0.15, 0.2) is 66.9 Å². The second-order valence-corrected chi connectivity index (χ2v) is 7.06. The van der Waals surface area contributed by atoms with Crippen LogP contribution in [0.2, 0.25) is 5.02 Å². The second kappa shape index (κ2) is 8.67. The van der Waals surface area contributed by atoms with Crippen LogP contribution in [0.25, 0.3) is 0 Å². The molecule has 0 bridgehead atoms. The Morgan fingerprint density at radius 2 is 1.61 bits per heavy atom. The van der Waals surface area contributed by atoms with Crippen molar-refractivity contribution >= 4 is 34.8 Å². The number of halogens is 1. The number of rotatable bonds is 5. The molecule has 0 aliphatic carbocycles. The SMILES string of the molecule is CC(C)c1ccc(NC(=O)c2ccnc(C(=O)Nc3cccc(Cl)c3)c2)cc1. The Balaban J connectivity index is 1.71. The summed E-state index contributed by atoms with van der Waals surface area (Å²) >= 11 is 5.93. The Hall–Kier alpha value is -3.18. The Morgan fingerprint density at radius 3 is 2.29 bits per heavy atom. The molecule has 0 unspecified atom stereocenters.